The Morgan fingerprint density at radius 2 is 0.750 bits per heavy atom. The molecule has 72 heavy (non-hydrogen) atoms. The minimum atomic E-state index is -0.792. The Hall–Kier alpha value is -4.08. The van der Waals surface area contributed by atoms with Crippen molar-refractivity contribution in [2.24, 2.45) is 21.1 Å². The second-order valence-electron chi connectivity index (χ2n) is 19.3. The van der Waals surface area contributed by atoms with Crippen LogP contribution < -0.4 is 114 Å². The van der Waals surface area contributed by atoms with Gasteiger partial charge in [-0.1, -0.05) is 0 Å². The summed E-state index contributed by atoms with van der Waals surface area (Å²) in [7, 11) is 6.09. The third-order valence-electron chi connectivity index (χ3n) is 13.4. The fourth-order valence-corrected chi connectivity index (χ4v) is 10.2. The first-order chi connectivity index (χ1) is 32.8. The Kier molecular flexibility index (Phi) is 16.0. The largest absolute Gasteiger partial charge is 1.00 e. The average molecular weight is 1410 g/mol. The molecule has 5 aliphatic rings. The van der Waals surface area contributed by atoms with Gasteiger partial charge in [0.15, 0.2) is 74.0 Å². The van der Waals surface area contributed by atoms with E-state index in [0.717, 1.165) is 89.4 Å². The van der Waals surface area contributed by atoms with E-state index in [4.69, 9.17) is 33.7 Å². The van der Waals surface area contributed by atoms with E-state index >= 15 is 0 Å². The van der Waals surface area contributed by atoms with Gasteiger partial charge in [0.1, 0.15) is 45.6 Å². The number of aryl methyl sites for hydroxylation is 3. The van der Waals surface area contributed by atoms with Crippen molar-refractivity contribution >= 4 is 46.4 Å². The van der Waals surface area contributed by atoms with Gasteiger partial charge in [-0.05, 0) is 98.5 Å². The Morgan fingerprint density at radius 3 is 1.12 bits per heavy atom. The number of pyridine rings is 4. The van der Waals surface area contributed by atoms with Crippen LogP contribution in [-0.2, 0) is 51.4 Å². The van der Waals surface area contributed by atoms with Crippen molar-refractivity contribution in [3.05, 3.63) is 145 Å². The maximum absolute atomic E-state index is 6.60. The number of nitrogens with one attached hydrogen (secondary N) is 2. The van der Waals surface area contributed by atoms with Crippen LogP contribution in [0.2, 0.25) is 0 Å². The van der Waals surface area contributed by atoms with Crippen LogP contribution in [0.15, 0.2) is 122 Å². The Morgan fingerprint density at radius 1 is 0.431 bits per heavy atom. The molecule has 17 heteroatoms. The first-order valence-corrected chi connectivity index (χ1v) is 23.2. The van der Waals surface area contributed by atoms with E-state index in [1.54, 1.807) is 0 Å². The summed E-state index contributed by atoms with van der Waals surface area (Å²) >= 11 is 0. The molecule has 7 aromatic rings. The van der Waals surface area contributed by atoms with Crippen molar-refractivity contribution in [1.82, 2.24) is 19.9 Å². The van der Waals surface area contributed by atoms with Crippen molar-refractivity contribution in [1.29, 1.82) is 0 Å². The first-order valence-electron chi connectivity index (χ1n) is 23.2. The van der Waals surface area contributed by atoms with Gasteiger partial charge in [0, 0.05) is 92.9 Å². The SMILES string of the molecule is C[n+]1ccc(-c2c3nc(c(-c4cc[n+](C)cc4)c4ccc([nH]4)c(-c4cc[n+](C[C@H]5O[C@@H]6OC(C)(C)O[C@@H]6[C@H]6OC(C)(C)O[C@H]65)cc4)c4nc(c(-c5cc[n+](C)cc5)c5ccc2[nH]5)C=C4)C=C3)cc1.[I-].[I-].[I-].[I-]. The molecule has 0 radical (unpaired) electrons. The normalized spacial score (nSPS) is 20.8. The second-order valence-corrected chi connectivity index (χ2v) is 19.3. The number of fused-ring (bicyclic) bond motifs is 11. The van der Waals surface area contributed by atoms with Gasteiger partial charge in [-0.25, -0.2) is 28.2 Å². The molecule has 13 nitrogen and oxygen atoms in total. The molecule has 12 heterocycles. The summed E-state index contributed by atoms with van der Waals surface area (Å²) in [5, 5.41) is 0. The monoisotopic (exact) mass is 1410 g/mol. The van der Waals surface area contributed by atoms with E-state index in [0.29, 0.717) is 6.54 Å². The van der Waals surface area contributed by atoms with E-state index in [1.165, 1.54) is 0 Å². The molecule has 5 atom stereocenters. The molecular weight excluding hydrogens is 1360 g/mol. The van der Waals surface area contributed by atoms with Crippen LogP contribution in [0, 0.1) is 0 Å². The topological polar surface area (TPSA) is 119 Å². The number of hydrogen-bond donors (Lipinski definition) is 2. The molecule has 2 N–H and O–H groups in total. The summed E-state index contributed by atoms with van der Waals surface area (Å²) in [6.07, 6.45) is 23.2. The van der Waals surface area contributed by atoms with Crippen molar-refractivity contribution in [2.45, 2.75) is 76.5 Å². The van der Waals surface area contributed by atoms with Crippen LogP contribution in [-0.4, -0.2) is 62.2 Å². The van der Waals surface area contributed by atoms with Crippen molar-refractivity contribution in [2.75, 3.05) is 0 Å². The molecule has 3 fully saturated rings. The van der Waals surface area contributed by atoms with Crippen molar-refractivity contribution < 1.29 is 138 Å². The molecule has 0 unspecified atom stereocenters. The molecule has 12 rings (SSSR count). The van der Waals surface area contributed by atoms with E-state index in [9.17, 15) is 0 Å². The van der Waals surface area contributed by atoms with E-state index < -0.39 is 17.9 Å². The molecular formula is C55H54I4N8O5. The molecule has 0 amide bonds. The maximum Gasteiger partial charge on any atom is 0.190 e. The highest BCUT2D eigenvalue weighted by molar-refractivity contribution is 5.99. The highest BCUT2D eigenvalue weighted by atomic mass is 127. The molecule has 0 saturated carbocycles. The number of aromatic amines is 2. The average Bonchev–Trinajstić information content (AvgIpc) is 4.19. The summed E-state index contributed by atoms with van der Waals surface area (Å²) in [6.45, 7) is 8.20. The lowest BCUT2D eigenvalue weighted by atomic mass is 9.98. The smallest absolute Gasteiger partial charge is 0.190 e. The molecule has 8 bridgehead atoms. The van der Waals surface area contributed by atoms with Gasteiger partial charge in [0.25, 0.3) is 0 Å². The van der Waals surface area contributed by atoms with Gasteiger partial charge in [0.2, 0.25) is 0 Å². The highest BCUT2D eigenvalue weighted by Gasteiger charge is 2.61. The summed E-state index contributed by atoms with van der Waals surface area (Å²) < 4.78 is 40.2. The van der Waals surface area contributed by atoms with Crippen LogP contribution in [0.3, 0.4) is 0 Å². The van der Waals surface area contributed by atoms with Gasteiger partial charge >= 0.3 is 0 Å². The minimum absolute atomic E-state index is 0. The zero-order valence-electron chi connectivity index (χ0n) is 40.7. The lowest BCUT2D eigenvalue weighted by molar-refractivity contribution is -0.706. The van der Waals surface area contributed by atoms with Gasteiger partial charge < -0.3 is 130 Å². The van der Waals surface area contributed by atoms with Crippen molar-refractivity contribution in [3.8, 4) is 44.5 Å². The Labute approximate surface area is 486 Å². The van der Waals surface area contributed by atoms with Crippen LogP contribution in [0.5, 0.6) is 0 Å². The van der Waals surface area contributed by atoms with Gasteiger partial charge in [-0.3, -0.25) is 0 Å². The molecule has 372 valence electrons. The van der Waals surface area contributed by atoms with Crippen LogP contribution in [0.4, 0.5) is 0 Å². The predicted octanol–water partition coefficient (Wildman–Crippen LogP) is -4.50. The molecule has 3 saturated heterocycles. The maximum atomic E-state index is 6.60. The van der Waals surface area contributed by atoms with Crippen LogP contribution in [0.25, 0.3) is 90.9 Å². The number of rotatable bonds is 6. The third kappa shape index (κ3) is 10.3. The second kappa shape index (κ2) is 21.3. The number of H-pyrrole nitrogens is 2. The fourth-order valence-electron chi connectivity index (χ4n) is 10.2. The molecule has 0 spiro atoms. The number of halogens is 4. The van der Waals surface area contributed by atoms with E-state index in [1.807, 2.05) is 62.5 Å². The van der Waals surface area contributed by atoms with Gasteiger partial charge in [-0.2, -0.15) is 0 Å². The van der Waals surface area contributed by atoms with Crippen LogP contribution >= 0.6 is 0 Å². The Bertz CT molecular complexity index is 3330. The zero-order chi connectivity index (χ0) is 46.5. The summed E-state index contributed by atoms with van der Waals surface area (Å²) in [6, 6.07) is 25.8. The van der Waals surface area contributed by atoms with Gasteiger partial charge in [-0.15, -0.1) is 0 Å². The zero-order valence-corrected chi connectivity index (χ0v) is 49.3. The van der Waals surface area contributed by atoms with E-state index in [2.05, 4.69) is 161 Å². The molecule has 0 aromatic carbocycles. The number of hydrogen-bond acceptors (Lipinski definition) is 7. The lowest BCUT2D eigenvalue weighted by Crippen LogP contribution is -3.00. The minimum Gasteiger partial charge on any atom is -1.00 e. The summed E-state index contributed by atoms with van der Waals surface area (Å²) in [5.74, 6) is -1.57. The standard InChI is InChI=1S/C55H53N8O5.4HI/c1-54(2)65-50-45(64-53-52(51(50)66-54)67-55(3,4)68-53)32-63-30-22-36(23-31-63)49-43-14-12-41(58-43)47(34-18-26-61(6)27-19-34)39-10-8-37(56-39)46(33-16-24-60(5)25-17-33)38-9-11-40(57-38)48(42-13-15-44(49)59-42)35-20-28-62(7)29-21-35;;;;/h8-31,45,50-53H,32H2,1-7H3,(H,56,57,58,59);4*1H/q+3;;;;/p-3/t45-,50+,51+,52-,53-;;;;/m1..../s1. The molecule has 7 aromatic heterocycles. The Balaban J connectivity index is 0.00000173. The first kappa shape index (κ1) is 54.2. The fraction of sp³-hybridized carbons (Fsp3) is 0.273. The summed E-state index contributed by atoms with van der Waals surface area (Å²) in [5.41, 5.74) is 15.2. The molecule has 5 aliphatic heterocycles. The predicted molar refractivity (Wildman–Crippen MR) is 257 cm³/mol. The van der Waals surface area contributed by atoms with Crippen LogP contribution in [0.1, 0.15) is 50.5 Å². The quantitative estimate of drug-likeness (QED) is 0.128. The number of nitrogens with zero attached hydrogens (tertiary/aromatic N) is 6. The van der Waals surface area contributed by atoms with Crippen molar-refractivity contribution in [3.63, 3.8) is 0 Å². The number of aromatic nitrogens is 8. The lowest BCUT2D eigenvalue weighted by Gasteiger charge is -2.35. The third-order valence-corrected chi connectivity index (χ3v) is 13.4. The summed E-state index contributed by atoms with van der Waals surface area (Å²) in [4.78, 5) is 18.7. The van der Waals surface area contributed by atoms with E-state index in [-0.39, 0.29) is 120 Å². The molecule has 0 aliphatic carbocycles. The number of ether oxygens (including phenoxy) is 5. The highest BCUT2D eigenvalue weighted by Crippen LogP contribution is 2.45. The van der Waals surface area contributed by atoms with Gasteiger partial charge in [0.05, 0.1) is 22.8 Å².